The number of carbonyl (C=O) groups excluding carboxylic acids is 1. The number of aromatic nitrogens is 2. The second-order valence-corrected chi connectivity index (χ2v) is 4.38. The molecule has 1 amide bonds. The first-order chi connectivity index (χ1) is 10.2. The maximum atomic E-state index is 12.3. The van der Waals surface area contributed by atoms with E-state index in [1.165, 1.54) is 0 Å². The summed E-state index contributed by atoms with van der Waals surface area (Å²) in [5, 5.41) is 11.5. The smallest absolute Gasteiger partial charge is 0.275 e. The lowest BCUT2D eigenvalue weighted by Crippen LogP contribution is -2.15. The number of nitrogens with zero attached hydrogens (tertiary/aromatic N) is 2. The number of hydrogen-bond donors (Lipinski definition) is 2. The van der Waals surface area contributed by atoms with E-state index in [0.717, 1.165) is 5.56 Å². The van der Waals surface area contributed by atoms with E-state index in [-0.39, 0.29) is 18.2 Å². The fourth-order valence-electron chi connectivity index (χ4n) is 1.71. The number of aliphatic hydroxyl groups is 1. The Balaban J connectivity index is 2.22. The lowest BCUT2D eigenvalue weighted by Gasteiger charge is -2.06. The largest absolute Gasteiger partial charge is 0.395 e. The van der Waals surface area contributed by atoms with Crippen LogP contribution < -0.4 is 5.32 Å². The normalized spacial score (nSPS) is 9.62. The SMILES string of the molecule is Cc1cncc(NC(=O)c2ncccc2C#CCCO)c1. The Morgan fingerprint density at radius 3 is 3.05 bits per heavy atom. The minimum Gasteiger partial charge on any atom is -0.395 e. The van der Waals surface area contributed by atoms with Crippen molar-refractivity contribution >= 4 is 11.6 Å². The van der Waals surface area contributed by atoms with Crippen molar-refractivity contribution in [3.05, 3.63) is 53.6 Å². The standard InChI is InChI=1S/C16H15N3O2/c1-12-9-14(11-17-10-12)19-16(21)15-13(5-2-3-8-20)6-4-7-18-15/h4,6-7,9-11,20H,3,8H2,1H3,(H,19,21). The molecule has 2 rings (SSSR count). The van der Waals surface area contributed by atoms with Crippen molar-refractivity contribution in [2.45, 2.75) is 13.3 Å². The van der Waals surface area contributed by atoms with Gasteiger partial charge in [0.05, 0.1) is 24.1 Å². The van der Waals surface area contributed by atoms with E-state index in [2.05, 4.69) is 27.1 Å². The van der Waals surface area contributed by atoms with E-state index < -0.39 is 0 Å². The quantitative estimate of drug-likeness (QED) is 0.841. The highest BCUT2D eigenvalue weighted by Gasteiger charge is 2.11. The summed E-state index contributed by atoms with van der Waals surface area (Å²) in [4.78, 5) is 20.4. The van der Waals surface area contributed by atoms with Crippen molar-refractivity contribution in [2.75, 3.05) is 11.9 Å². The van der Waals surface area contributed by atoms with E-state index in [0.29, 0.717) is 17.7 Å². The third kappa shape index (κ3) is 4.13. The van der Waals surface area contributed by atoms with Gasteiger partial charge < -0.3 is 10.4 Å². The van der Waals surface area contributed by atoms with Crippen LogP contribution in [-0.2, 0) is 0 Å². The number of hydrogen-bond acceptors (Lipinski definition) is 4. The van der Waals surface area contributed by atoms with Gasteiger partial charge in [-0.25, -0.2) is 4.98 Å². The Morgan fingerprint density at radius 2 is 2.29 bits per heavy atom. The molecule has 0 atom stereocenters. The van der Waals surface area contributed by atoms with Crippen LogP contribution in [-0.4, -0.2) is 27.6 Å². The van der Waals surface area contributed by atoms with Crippen LogP contribution in [0, 0.1) is 18.8 Å². The minimum atomic E-state index is -0.337. The molecular weight excluding hydrogens is 266 g/mol. The molecular formula is C16H15N3O2. The maximum Gasteiger partial charge on any atom is 0.275 e. The lowest BCUT2D eigenvalue weighted by molar-refractivity contribution is 0.102. The Labute approximate surface area is 123 Å². The van der Waals surface area contributed by atoms with Crippen LogP contribution in [0.25, 0.3) is 0 Å². The van der Waals surface area contributed by atoms with Crippen LogP contribution in [0.5, 0.6) is 0 Å². The number of anilines is 1. The summed E-state index contributed by atoms with van der Waals surface area (Å²) >= 11 is 0. The second kappa shape index (κ2) is 7.17. The van der Waals surface area contributed by atoms with Crippen LogP contribution in [0.2, 0.25) is 0 Å². The molecule has 0 saturated carbocycles. The van der Waals surface area contributed by atoms with Gasteiger partial charge in [-0.05, 0) is 30.7 Å². The molecule has 0 unspecified atom stereocenters. The molecule has 5 nitrogen and oxygen atoms in total. The number of aryl methyl sites for hydroxylation is 1. The second-order valence-electron chi connectivity index (χ2n) is 4.38. The molecule has 106 valence electrons. The van der Waals surface area contributed by atoms with Gasteiger partial charge in [0.15, 0.2) is 0 Å². The van der Waals surface area contributed by atoms with E-state index in [1.807, 2.05) is 13.0 Å². The number of pyridine rings is 2. The van der Waals surface area contributed by atoms with Crippen molar-refractivity contribution in [2.24, 2.45) is 0 Å². The summed E-state index contributed by atoms with van der Waals surface area (Å²) in [7, 11) is 0. The van der Waals surface area contributed by atoms with Crippen molar-refractivity contribution in [1.29, 1.82) is 0 Å². The molecule has 2 aromatic rings. The van der Waals surface area contributed by atoms with E-state index in [4.69, 9.17) is 5.11 Å². The van der Waals surface area contributed by atoms with Crippen LogP contribution in [0.4, 0.5) is 5.69 Å². The van der Waals surface area contributed by atoms with Crippen molar-refractivity contribution < 1.29 is 9.90 Å². The van der Waals surface area contributed by atoms with Gasteiger partial charge in [0.2, 0.25) is 0 Å². The monoisotopic (exact) mass is 281 g/mol. The van der Waals surface area contributed by atoms with E-state index in [9.17, 15) is 4.79 Å². The fourth-order valence-corrected chi connectivity index (χ4v) is 1.71. The predicted octanol–water partition coefficient (Wildman–Crippen LogP) is 1.77. The fraction of sp³-hybridized carbons (Fsp3) is 0.188. The molecule has 0 aromatic carbocycles. The molecule has 5 heteroatoms. The first-order valence-corrected chi connectivity index (χ1v) is 6.48. The number of aliphatic hydroxyl groups excluding tert-OH is 1. The van der Waals surface area contributed by atoms with Crippen LogP contribution in [0.15, 0.2) is 36.8 Å². The van der Waals surface area contributed by atoms with Gasteiger partial charge in [0.25, 0.3) is 5.91 Å². The molecule has 2 N–H and O–H groups in total. The average molecular weight is 281 g/mol. The highest BCUT2D eigenvalue weighted by Crippen LogP contribution is 2.11. The summed E-state index contributed by atoms with van der Waals surface area (Å²) in [6.07, 6.45) is 5.19. The van der Waals surface area contributed by atoms with Crippen molar-refractivity contribution in [3.8, 4) is 11.8 Å². The molecule has 0 aliphatic heterocycles. The molecule has 0 aliphatic carbocycles. The summed E-state index contributed by atoms with van der Waals surface area (Å²) < 4.78 is 0. The molecule has 0 radical (unpaired) electrons. The molecule has 21 heavy (non-hydrogen) atoms. The minimum absolute atomic E-state index is 0.0102. The summed E-state index contributed by atoms with van der Waals surface area (Å²) in [6.45, 7) is 1.89. The molecule has 2 aromatic heterocycles. The molecule has 0 spiro atoms. The van der Waals surface area contributed by atoms with Crippen LogP contribution in [0.3, 0.4) is 0 Å². The Hall–Kier alpha value is -2.71. The summed E-state index contributed by atoms with van der Waals surface area (Å²) in [5.74, 6) is 5.29. The first-order valence-electron chi connectivity index (χ1n) is 6.48. The van der Waals surface area contributed by atoms with Gasteiger partial charge in [-0.2, -0.15) is 0 Å². The zero-order chi connectivity index (χ0) is 15.1. The van der Waals surface area contributed by atoms with Gasteiger partial charge in [-0.15, -0.1) is 0 Å². The highest BCUT2D eigenvalue weighted by atomic mass is 16.2. The number of amides is 1. The number of rotatable bonds is 3. The van der Waals surface area contributed by atoms with Crippen LogP contribution >= 0.6 is 0 Å². The van der Waals surface area contributed by atoms with Gasteiger partial charge in [-0.1, -0.05) is 11.8 Å². The zero-order valence-electron chi connectivity index (χ0n) is 11.6. The number of carbonyl (C=O) groups is 1. The van der Waals surface area contributed by atoms with Crippen molar-refractivity contribution in [3.63, 3.8) is 0 Å². The summed E-state index contributed by atoms with van der Waals surface area (Å²) in [6, 6.07) is 5.26. The predicted molar refractivity (Wildman–Crippen MR) is 79.7 cm³/mol. The lowest BCUT2D eigenvalue weighted by atomic mass is 10.1. The summed E-state index contributed by atoms with van der Waals surface area (Å²) in [5.41, 5.74) is 2.35. The van der Waals surface area contributed by atoms with Gasteiger partial charge in [0.1, 0.15) is 5.69 Å². The van der Waals surface area contributed by atoms with Crippen LogP contribution in [0.1, 0.15) is 28.0 Å². The van der Waals surface area contributed by atoms with E-state index >= 15 is 0 Å². The van der Waals surface area contributed by atoms with E-state index in [1.54, 1.807) is 30.7 Å². The molecule has 0 bridgehead atoms. The number of nitrogens with one attached hydrogen (secondary N) is 1. The highest BCUT2D eigenvalue weighted by molar-refractivity contribution is 6.04. The maximum absolute atomic E-state index is 12.3. The van der Waals surface area contributed by atoms with Gasteiger partial charge in [-0.3, -0.25) is 9.78 Å². The van der Waals surface area contributed by atoms with Crippen molar-refractivity contribution in [1.82, 2.24) is 9.97 Å². The van der Waals surface area contributed by atoms with Gasteiger partial charge >= 0.3 is 0 Å². The topological polar surface area (TPSA) is 75.1 Å². The Bertz CT molecular complexity index is 702. The molecule has 2 heterocycles. The third-order valence-electron chi connectivity index (χ3n) is 2.62. The molecule has 0 aliphatic rings. The Morgan fingerprint density at radius 1 is 1.43 bits per heavy atom. The third-order valence-corrected chi connectivity index (χ3v) is 2.62. The average Bonchev–Trinajstić information content (AvgIpc) is 2.48. The Kier molecular flexibility index (Phi) is 5.02. The first kappa shape index (κ1) is 14.7. The van der Waals surface area contributed by atoms with Gasteiger partial charge in [0, 0.05) is 18.8 Å². The zero-order valence-corrected chi connectivity index (χ0v) is 11.6. The molecule has 0 saturated heterocycles. The molecule has 0 fully saturated rings.